The molecule has 0 saturated carbocycles. The molecule has 0 fully saturated rings. The smallest absolute Gasteiger partial charge is 0.872 e. The van der Waals surface area contributed by atoms with Gasteiger partial charge in [-0.2, -0.15) is 0 Å². The second kappa shape index (κ2) is 18.9. The Morgan fingerprint density at radius 1 is 0.634 bits per heavy atom. The molecule has 4 unspecified atom stereocenters. The first kappa shape index (κ1) is 38.6. The average molecular weight is 620 g/mol. The Labute approximate surface area is 260 Å². The molecule has 224 valence electrons. The molecule has 0 aliphatic rings. The Morgan fingerprint density at radius 3 is 1.20 bits per heavy atom. The summed E-state index contributed by atoms with van der Waals surface area (Å²) in [5, 5.41) is 43.0. The molecule has 6 nitrogen and oxygen atoms in total. The van der Waals surface area contributed by atoms with Gasteiger partial charge in [0.15, 0.2) is 0 Å². The number of hydrogen-bond donors (Lipinski definition) is 2. The number of carboxylic acid groups (broad SMARTS) is 2. The summed E-state index contributed by atoms with van der Waals surface area (Å²) in [6, 6.07) is 6.94. The summed E-state index contributed by atoms with van der Waals surface area (Å²) in [5.41, 5.74) is 3.08. The summed E-state index contributed by atoms with van der Waals surface area (Å²) in [6.07, 6.45) is 7.97. The SMILES string of the molecule is CCCCC(C)c1cc(C(C)CC)cc(C(=O)O)c1[O-].CCCCC(C)c1cc(C(C)CC)cc(C(=O)O)c1[O-].[Zn+2]. The molecule has 4 atom stereocenters. The molecular weight excluding hydrogens is 570 g/mol. The predicted octanol–water partition coefficient (Wildman–Crippen LogP) is 8.53. The van der Waals surface area contributed by atoms with Crippen molar-refractivity contribution in [3.05, 3.63) is 57.6 Å². The van der Waals surface area contributed by atoms with Crippen LogP contribution in [0.4, 0.5) is 0 Å². The van der Waals surface area contributed by atoms with Crippen molar-refractivity contribution in [3.63, 3.8) is 0 Å². The summed E-state index contributed by atoms with van der Waals surface area (Å²) >= 11 is 0. The second-order valence-corrected chi connectivity index (χ2v) is 11.3. The van der Waals surface area contributed by atoms with E-state index in [0.29, 0.717) is 11.1 Å². The van der Waals surface area contributed by atoms with Gasteiger partial charge in [0, 0.05) is 0 Å². The van der Waals surface area contributed by atoms with Crippen molar-refractivity contribution in [2.24, 2.45) is 0 Å². The van der Waals surface area contributed by atoms with Crippen LogP contribution in [0.25, 0.3) is 0 Å². The van der Waals surface area contributed by atoms with E-state index in [1.54, 1.807) is 12.1 Å². The molecule has 2 rings (SSSR count). The Balaban J connectivity index is 0.000000762. The molecule has 0 aliphatic heterocycles. The number of hydrogen-bond acceptors (Lipinski definition) is 4. The molecule has 0 aliphatic carbocycles. The van der Waals surface area contributed by atoms with Gasteiger partial charge in [0.25, 0.3) is 0 Å². The maximum Gasteiger partial charge on any atom is 2.00 e. The third-order valence-electron chi connectivity index (χ3n) is 8.15. The fourth-order valence-corrected chi connectivity index (χ4v) is 4.77. The first-order chi connectivity index (χ1) is 18.8. The predicted molar refractivity (Wildman–Crippen MR) is 159 cm³/mol. The topological polar surface area (TPSA) is 121 Å². The molecule has 7 heteroatoms. The van der Waals surface area contributed by atoms with Crippen LogP contribution >= 0.6 is 0 Å². The maximum atomic E-state index is 12.3. The molecular formula is C34H50O6Zn. The summed E-state index contributed by atoms with van der Waals surface area (Å²) in [6.45, 7) is 16.5. The van der Waals surface area contributed by atoms with Crippen LogP contribution in [0, 0.1) is 0 Å². The fourth-order valence-electron chi connectivity index (χ4n) is 4.77. The number of carboxylic acids is 2. The van der Waals surface area contributed by atoms with Crippen LogP contribution in [0.15, 0.2) is 24.3 Å². The monoisotopic (exact) mass is 618 g/mol. The summed E-state index contributed by atoms with van der Waals surface area (Å²) in [5.74, 6) is -2.10. The van der Waals surface area contributed by atoms with Crippen molar-refractivity contribution in [2.45, 2.75) is 130 Å². The zero-order valence-corrected chi connectivity index (χ0v) is 29.5. The van der Waals surface area contributed by atoms with Crippen LogP contribution in [-0.2, 0) is 19.5 Å². The molecule has 0 heterocycles. The van der Waals surface area contributed by atoms with Crippen LogP contribution in [-0.4, -0.2) is 22.2 Å². The minimum Gasteiger partial charge on any atom is -0.872 e. The van der Waals surface area contributed by atoms with Crippen LogP contribution in [0.1, 0.15) is 173 Å². The molecule has 2 N–H and O–H groups in total. The maximum absolute atomic E-state index is 12.3. The third-order valence-corrected chi connectivity index (χ3v) is 8.15. The Morgan fingerprint density at radius 2 is 0.951 bits per heavy atom. The van der Waals surface area contributed by atoms with Crippen molar-refractivity contribution in [1.82, 2.24) is 0 Å². The Hall–Kier alpha value is -2.40. The average Bonchev–Trinajstić information content (AvgIpc) is 2.93. The second-order valence-electron chi connectivity index (χ2n) is 11.3. The van der Waals surface area contributed by atoms with Crippen LogP contribution in [0.3, 0.4) is 0 Å². The molecule has 2 aromatic carbocycles. The minimum atomic E-state index is -1.12. The minimum absolute atomic E-state index is 0. The van der Waals surface area contributed by atoms with E-state index < -0.39 is 11.9 Å². The zero-order chi connectivity index (χ0) is 30.6. The van der Waals surface area contributed by atoms with Crippen molar-refractivity contribution in [2.75, 3.05) is 0 Å². The van der Waals surface area contributed by atoms with E-state index in [9.17, 15) is 30.0 Å². The quantitative estimate of drug-likeness (QED) is 0.204. The van der Waals surface area contributed by atoms with Gasteiger partial charge >= 0.3 is 31.4 Å². The van der Waals surface area contributed by atoms with E-state index in [1.165, 1.54) is 0 Å². The standard InChI is InChI=1S/2C17H26O3.Zn/c2*1-5-7-8-12(4)14-9-13(11(3)6-2)10-15(16(14)18)17(19)20;/h2*9-12,18H,5-8H2,1-4H3,(H,19,20);/q;;+2/p-2. The molecule has 0 amide bonds. The number of aromatic carboxylic acids is 2. The van der Waals surface area contributed by atoms with Gasteiger partial charge in [-0.15, -0.1) is 0 Å². The number of unbranched alkanes of at least 4 members (excludes halogenated alkanes) is 2. The molecule has 0 bridgehead atoms. The third kappa shape index (κ3) is 11.1. The first-order valence-electron chi connectivity index (χ1n) is 15.0. The van der Waals surface area contributed by atoms with Crippen LogP contribution < -0.4 is 10.2 Å². The van der Waals surface area contributed by atoms with E-state index in [4.69, 9.17) is 0 Å². The summed E-state index contributed by atoms with van der Waals surface area (Å²) in [7, 11) is 0. The van der Waals surface area contributed by atoms with E-state index in [-0.39, 0.29) is 65.8 Å². The van der Waals surface area contributed by atoms with E-state index in [1.807, 2.05) is 26.0 Å². The van der Waals surface area contributed by atoms with Crippen LogP contribution in [0.2, 0.25) is 0 Å². The summed E-state index contributed by atoms with van der Waals surface area (Å²) < 4.78 is 0. The van der Waals surface area contributed by atoms with E-state index >= 15 is 0 Å². The van der Waals surface area contributed by atoms with Gasteiger partial charge in [0.2, 0.25) is 0 Å². The van der Waals surface area contributed by atoms with Crippen molar-refractivity contribution in [3.8, 4) is 11.5 Å². The van der Waals surface area contributed by atoms with Crippen molar-refractivity contribution in [1.29, 1.82) is 0 Å². The van der Waals surface area contributed by atoms with Gasteiger partial charge in [-0.3, -0.25) is 0 Å². The normalized spacial score (nSPS) is 13.7. The van der Waals surface area contributed by atoms with Gasteiger partial charge in [-0.05, 0) is 72.6 Å². The van der Waals surface area contributed by atoms with E-state index in [2.05, 4.69) is 41.5 Å². The van der Waals surface area contributed by atoms with Crippen molar-refractivity contribution >= 4 is 11.9 Å². The zero-order valence-electron chi connectivity index (χ0n) is 26.5. The molecule has 0 saturated heterocycles. The van der Waals surface area contributed by atoms with Gasteiger partial charge in [0.05, 0.1) is 11.1 Å². The van der Waals surface area contributed by atoms with Gasteiger partial charge < -0.3 is 20.4 Å². The number of rotatable bonds is 14. The molecule has 41 heavy (non-hydrogen) atoms. The van der Waals surface area contributed by atoms with Gasteiger partial charge in [0.1, 0.15) is 0 Å². The molecule has 0 radical (unpaired) electrons. The van der Waals surface area contributed by atoms with Gasteiger partial charge in [-0.1, -0.05) is 116 Å². The van der Waals surface area contributed by atoms with E-state index in [0.717, 1.165) is 62.5 Å². The molecule has 2 aromatic rings. The van der Waals surface area contributed by atoms with Crippen molar-refractivity contribution < 1.29 is 49.5 Å². The number of carbonyl (C=O) groups is 2. The first-order valence-corrected chi connectivity index (χ1v) is 15.0. The Bertz CT molecular complexity index is 1030. The van der Waals surface area contributed by atoms with Gasteiger partial charge in [-0.25, -0.2) is 9.59 Å². The molecule has 0 spiro atoms. The number of benzene rings is 2. The molecule has 0 aromatic heterocycles. The Kier molecular flexibility index (Phi) is 17.8. The summed E-state index contributed by atoms with van der Waals surface area (Å²) in [4.78, 5) is 22.5. The fraction of sp³-hybridized carbons (Fsp3) is 0.588. The van der Waals surface area contributed by atoms with Crippen LogP contribution in [0.5, 0.6) is 11.5 Å². The largest absolute Gasteiger partial charge is 2.00 e.